The summed E-state index contributed by atoms with van der Waals surface area (Å²) in [5.74, 6) is 0.430. The molecule has 1 aliphatic heterocycles. The molecule has 154 valence electrons. The number of likely N-dealkylation sites (tertiary alicyclic amines) is 1. The average Bonchev–Trinajstić information content (AvgIpc) is 3.46. The number of ketones is 1. The van der Waals surface area contributed by atoms with Crippen LogP contribution in [0.1, 0.15) is 35.8 Å². The molecule has 7 nitrogen and oxygen atoms in total. The van der Waals surface area contributed by atoms with E-state index in [2.05, 4.69) is 0 Å². The van der Waals surface area contributed by atoms with Gasteiger partial charge in [0.05, 0.1) is 25.0 Å². The van der Waals surface area contributed by atoms with E-state index < -0.39 is 17.7 Å². The highest BCUT2D eigenvalue weighted by molar-refractivity contribution is 6.46. The zero-order valence-corrected chi connectivity index (χ0v) is 16.6. The first-order valence-electron chi connectivity index (χ1n) is 9.60. The summed E-state index contributed by atoms with van der Waals surface area (Å²) in [7, 11) is 0. The number of ether oxygens (including phenoxy) is 1. The summed E-state index contributed by atoms with van der Waals surface area (Å²) in [6.07, 6.45) is 1.50. The summed E-state index contributed by atoms with van der Waals surface area (Å²) in [6, 6.07) is 12.7. The van der Waals surface area contributed by atoms with Crippen molar-refractivity contribution in [2.75, 3.05) is 6.61 Å². The minimum absolute atomic E-state index is 0.0231. The molecular weight excluding hydrogens is 386 g/mol. The van der Waals surface area contributed by atoms with Crippen molar-refractivity contribution >= 4 is 17.4 Å². The lowest BCUT2D eigenvalue weighted by Crippen LogP contribution is -2.28. The highest BCUT2D eigenvalue weighted by Gasteiger charge is 2.47. The molecule has 30 heavy (non-hydrogen) atoms. The van der Waals surface area contributed by atoms with Gasteiger partial charge in [-0.15, -0.1) is 0 Å². The number of hydrogen-bond donors (Lipinski definition) is 1. The first-order valence-corrected chi connectivity index (χ1v) is 9.60. The fraction of sp³-hybridized carbons (Fsp3) is 0.217. The lowest BCUT2D eigenvalue weighted by atomic mass is 9.99. The number of amides is 1. The quantitative estimate of drug-likeness (QED) is 0.374. The number of Topliss-reactive ketones (excluding diaryl/α,β-unsaturated/α-hetero) is 1. The Morgan fingerprint density at radius 3 is 2.50 bits per heavy atom. The maximum Gasteiger partial charge on any atom is 0.296 e. The van der Waals surface area contributed by atoms with E-state index in [1.807, 2.05) is 6.92 Å². The van der Waals surface area contributed by atoms with Gasteiger partial charge in [0.1, 0.15) is 34.8 Å². The van der Waals surface area contributed by atoms with Gasteiger partial charge in [0, 0.05) is 5.56 Å². The summed E-state index contributed by atoms with van der Waals surface area (Å²) >= 11 is 0. The first-order chi connectivity index (χ1) is 14.5. The molecule has 1 unspecified atom stereocenters. The fourth-order valence-electron chi connectivity index (χ4n) is 3.54. The largest absolute Gasteiger partial charge is 0.507 e. The minimum atomic E-state index is -0.865. The summed E-state index contributed by atoms with van der Waals surface area (Å²) in [5.41, 5.74) is 0.382. The number of carbonyl (C=O) groups is 2. The van der Waals surface area contributed by atoms with Gasteiger partial charge in [0.15, 0.2) is 0 Å². The van der Waals surface area contributed by atoms with Crippen LogP contribution < -0.4 is 4.74 Å². The van der Waals surface area contributed by atoms with Crippen LogP contribution in [0.4, 0.5) is 0 Å². The summed E-state index contributed by atoms with van der Waals surface area (Å²) in [6.45, 7) is 4.23. The summed E-state index contributed by atoms with van der Waals surface area (Å²) in [5, 5.41) is 11.0. The van der Waals surface area contributed by atoms with Crippen molar-refractivity contribution < 1.29 is 28.3 Å². The third-order valence-electron chi connectivity index (χ3n) is 4.92. The predicted octanol–water partition coefficient (Wildman–Crippen LogP) is 4.20. The van der Waals surface area contributed by atoms with Crippen LogP contribution in [0.15, 0.2) is 69.2 Å². The van der Waals surface area contributed by atoms with Gasteiger partial charge in [0.2, 0.25) is 0 Å². The Hall–Kier alpha value is -3.74. The molecule has 1 aliphatic rings. The zero-order valence-electron chi connectivity index (χ0n) is 16.6. The highest BCUT2D eigenvalue weighted by Crippen LogP contribution is 2.41. The topological polar surface area (TPSA) is 93.1 Å². The number of furan rings is 2. The number of aryl methyl sites for hydroxylation is 1. The summed E-state index contributed by atoms with van der Waals surface area (Å²) in [4.78, 5) is 27.1. The summed E-state index contributed by atoms with van der Waals surface area (Å²) < 4.78 is 16.5. The van der Waals surface area contributed by atoms with E-state index in [1.54, 1.807) is 55.5 Å². The Kier molecular flexibility index (Phi) is 5.18. The molecule has 0 bridgehead atoms. The van der Waals surface area contributed by atoms with Gasteiger partial charge < -0.3 is 23.6 Å². The Morgan fingerprint density at radius 1 is 1.13 bits per heavy atom. The van der Waals surface area contributed by atoms with Crippen molar-refractivity contribution in [3.8, 4) is 5.75 Å². The molecule has 1 N–H and O–H groups in total. The van der Waals surface area contributed by atoms with E-state index in [9.17, 15) is 14.7 Å². The van der Waals surface area contributed by atoms with E-state index in [1.165, 1.54) is 11.2 Å². The first kappa shape index (κ1) is 19.6. The number of hydrogen-bond acceptors (Lipinski definition) is 6. The number of rotatable bonds is 6. The van der Waals surface area contributed by atoms with Gasteiger partial charge in [0.25, 0.3) is 11.7 Å². The molecular formula is C23H21NO6. The van der Waals surface area contributed by atoms with Crippen LogP contribution in [0, 0.1) is 6.92 Å². The SMILES string of the molecule is CCOc1ccc(/C(O)=C2/C(=O)C(=O)N(Cc3ccco3)C2c2ccc(C)o2)cc1. The maximum absolute atomic E-state index is 12.9. The van der Waals surface area contributed by atoms with Gasteiger partial charge in [-0.05, 0) is 62.4 Å². The van der Waals surface area contributed by atoms with Crippen molar-refractivity contribution in [2.45, 2.75) is 26.4 Å². The standard InChI is InChI=1S/C23H21NO6/c1-3-28-16-9-7-15(8-10-16)21(25)19-20(18-11-6-14(2)30-18)24(23(27)22(19)26)13-17-5-4-12-29-17/h4-12,20,25H,3,13H2,1-2H3/b21-19-. The maximum atomic E-state index is 12.9. The van der Waals surface area contributed by atoms with Gasteiger partial charge >= 0.3 is 0 Å². The van der Waals surface area contributed by atoms with Crippen LogP contribution in [0.5, 0.6) is 5.75 Å². The van der Waals surface area contributed by atoms with Crippen LogP contribution in [-0.4, -0.2) is 28.3 Å². The van der Waals surface area contributed by atoms with Crippen LogP contribution in [-0.2, 0) is 16.1 Å². The van der Waals surface area contributed by atoms with Gasteiger partial charge in [-0.25, -0.2) is 0 Å². The number of carbonyl (C=O) groups excluding carboxylic acids is 2. The molecule has 0 radical (unpaired) electrons. The second-order valence-corrected chi connectivity index (χ2v) is 6.91. The van der Waals surface area contributed by atoms with Crippen LogP contribution in [0.2, 0.25) is 0 Å². The monoisotopic (exact) mass is 407 g/mol. The predicted molar refractivity (Wildman–Crippen MR) is 108 cm³/mol. The molecule has 2 aromatic heterocycles. The van der Waals surface area contributed by atoms with Crippen molar-refractivity contribution in [2.24, 2.45) is 0 Å². The van der Waals surface area contributed by atoms with Gasteiger partial charge in [-0.2, -0.15) is 0 Å². The Bertz CT molecular complexity index is 1090. The molecule has 1 amide bonds. The fourth-order valence-corrected chi connectivity index (χ4v) is 3.54. The molecule has 3 aromatic rings. The highest BCUT2D eigenvalue weighted by atomic mass is 16.5. The number of nitrogens with zero attached hydrogens (tertiary/aromatic N) is 1. The van der Waals surface area contributed by atoms with E-state index in [0.29, 0.717) is 35.2 Å². The second-order valence-electron chi connectivity index (χ2n) is 6.91. The zero-order chi connectivity index (χ0) is 21.3. The molecule has 0 saturated carbocycles. The normalized spacial score (nSPS) is 18.2. The van der Waals surface area contributed by atoms with Crippen molar-refractivity contribution in [3.63, 3.8) is 0 Å². The number of aliphatic hydroxyl groups is 1. The van der Waals surface area contributed by atoms with E-state index >= 15 is 0 Å². The molecule has 1 atom stereocenters. The number of aliphatic hydroxyl groups excluding tert-OH is 1. The lowest BCUT2D eigenvalue weighted by Gasteiger charge is -2.22. The Morgan fingerprint density at radius 2 is 1.90 bits per heavy atom. The Labute approximate surface area is 173 Å². The molecule has 0 spiro atoms. The molecule has 3 heterocycles. The van der Waals surface area contributed by atoms with Crippen LogP contribution >= 0.6 is 0 Å². The lowest BCUT2D eigenvalue weighted by molar-refractivity contribution is -0.140. The second kappa shape index (κ2) is 7.94. The van der Waals surface area contributed by atoms with E-state index in [-0.39, 0.29) is 17.9 Å². The Balaban J connectivity index is 1.80. The number of benzene rings is 1. The molecule has 4 rings (SSSR count). The van der Waals surface area contributed by atoms with Crippen molar-refractivity contribution in [1.29, 1.82) is 0 Å². The third kappa shape index (κ3) is 3.50. The molecule has 0 aliphatic carbocycles. The molecule has 7 heteroatoms. The van der Waals surface area contributed by atoms with Crippen molar-refractivity contribution in [3.05, 3.63) is 83.2 Å². The third-order valence-corrected chi connectivity index (χ3v) is 4.92. The van der Waals surface area contributed by atoms with E-state index in [4.69, 9.17) is 13.6 Å². The van der Waals surface area contributed by atoms with Gasteiger partial charge in [-0.3, -0.25) is 9.59 Å². The smallest absolute Gasteiger partial charge is 0.296 e. The molecule has 1 fully saturated rings. The minimum Gasteiger partial charge on any atom is -0.507 e. The van der Waals surface area contributed by atoms with Gasteiger partial charge in [-0.1, -0.05) is 0 Å². The average molecular weight is 407 g/mol. The van der Waals surface area contributed by atoms with Crippen LogP contribution in [0.3, 0.4) is 0 Å². The van der Waals surface area contributed by atoms with Crippen molar-refractivity contribution in [1.82, 2.24) is 4.90 Å². The molecule has 1 saturated heterocycles. The molecule has 1 aromatic carbocycles. The van der Waals surface area contributed by atoms with Crippen LogP contribution in [0.25, 0.3) is 5.76 Å². The van der Waals surface area contributed by atoms with E-state index in [0.717, 1.165) is 0 Å².